The summed E-state index contributed by atoms with van der Waals surface area (Å²) in [6.45, 7) is -0.932. The van der Waals surface area contributed by atoms with Gasteiger partial charge in [-0.15, -0.1) is 0 Å². The van der Waals surface area contributed by atoms with E-state index in [1.807, 2.05) is 18.2 Å². The van der Waals surface area contributed by atoms with Crippen LogP contribution < -0.4 is 0 Å². The summed E-state index contributed by atoms with van der Waals surface area (Å²) in [5.74, 6) is 0. The number of allylic oxidation sites excluding steroid dienone is 1. The fourth-order valence-electron chi connectivity index (χ4n) is 4.08. The van der Waals surface area contributed by atoms with Crippen LogP contribution in [0.2, 0.25) is 0 Å². The van der Waals surface area contributed by atoms with Gasteiger partial charge in [0, 0.05) is 16.8 Å². The number of benzene rings is 2. The third-order valence-electron chi connectivity index (χ3n) is 5.49. The van der Waals surface area contributed by atoms with Gasteiger partial charge in [-0.25, -0.2) is 13.7 Å². The lowest BCUT2D eigenvalue weighted by Crippen LogP contribution is -2.33. The summed E-state index contributed by atoms with van der Waals surface area (Å²) >= 11 is 0. The van der Waals surface area contributed by atoms with Crippen molar-refractivity contribution in [1.29, 1.82) is 5.26 Å². The topological polar surface area (TPSA) is 238 Å². The number of phosphoric acid groups is 3. The van der Waals surface area contributed by atoms with Crippen molar-refractivity contribution in [1.82, 2.24) is 4.57 Å². The summed E-state index contributed by atoms with van der Waals surface area (Å²) in [4.78, 5) is 36.2. The Kier molecular flexibility index (Phi) is 8.12. The Bertz CT molecular complexity index is 1580. The van der Waals surface area contributed by atoms with E-state index in [4.69, 9.17) is 19.8 Å². The molecule has 2 unspecified atom stereocenters. The van der Waals surface area contributed by atoms with E-state index in [0.29, 0.717) is 11.0 Å². The second-order valence-corrected chi connectivity index (χ2v) is 12.5. The van der Waals surface area contributed by atoms with Gasteiger partial charge in [-0.3, -0.25) is 4.52 Å². The zero-order chi connectivity index (χ0) is 27.9. The number of phosphoric ester groups is 1. The van der Waals surface area contributed by atoms with Crippen LogP contribution in [0.4, 0.5) is 0 Å². The number of aliphatic hydroxyl groups excluding tert-OH is 2. The van der Waals surface area contributed by atoms with Gasteiger partial charge in [0.05, 0.1) is 23.7 Å². The molecule has 0 radical (unpaired) electrons. The first-order chi connectivity index (χ1) is 17.7. The fraction of sp³-hybridized carbons (Fsp3) is 0.250. The Morgan fingerprint density at radius 3 is 2.32 bits per heavy atom. The van der Waals surface area contributed by atoms with Crippen molar-refractivity contribution in [3.05, 3.63) is 54.1 Å². The van der Waals surface area contributed by atoms with Gasteiger partial charge in [-0.2, -0.15) is 13.9 Å². The third-order valence-corrected chi connectivity index (χ3v) is 9.30. The Morgan fingerprint density at radius 1 is 0.947 bits per heavy atom. The standard InChI is InChI=1S/C20H21N2O13P3/c21-9-3-4-12-7-8-16-14(10-12)13-5-1-2-6-15(13)22(16)20-19(24)18(23)17(33-20)11-32-37(28,29)35-38(30,31)34-36(25,26)27/h1-8,10,17-20,23-24H,11H2,(H,28,29)(H,30,31)(H2,25,26,27)/b4-3+/t17-,18-,19-,20-/m1/s1. The summed E-state index contributed by atoms with van der Waals surface area (Å²) in [7, 11) is -16.7. The molecule has 18 heteroatoms. The number of aliphatic hydroxyl groups is 2. The molecule has 1 fully saturated rings. The van der Waals surface area contributed by atoms with E-state index in [0.717, 1.165) is 16.3 Å². The molecule has 38 heavy (non-hydrogen) atoms. The molecule has 6 atom stereocenters. The second-order valence-electron chi connectivity index (χ2n) is 8.06. The number of ether oxygens (including phenoxy) is 1. The first-order valence-electron chi connectivity index (χ1n) is 10.6. The van der Waals surface area contributed by atoms with Crippen LogP contribution in [-0.2, 0) is 31.6 Å². The van der Waals surface area contributed by atoms with Crippen LogP contribution in [-0.4, -0.2) is 59.3 Å². The maximum Gasteiger partial charge on any atom is 0.490 e. The van der Waals surface area contributed by atoms with E-state index in [1.165, 1.54) is 6.08 Å². The van der Waals surface area contributed by atoms with E-state index >= 15 is 0 Å². The van der Waals surface area contributed by atoms with Crippen LogP contribution in [0.25, 0.3) is 27.9 Å². The maximum atomic E-state index is 12.0. The molecule has 1 saturated heterocycles. The minimum Gasteiger partial charge on any atom is -0.387 e. The molecular formula is C20H21N2O13P3. The number of hydrogen-bond donors (Lipinski definition) is 6. The van der Waals surface area contributed by atoms with E-state index < -0.39 is 54.6 Å². The van der Waals surface area contributed by atoms with Crippen LogP contribution in [0.15, 0.2) is 48.5 Å². The molecule has 15 nitrogen and oxygen atoms in total. The quantitative estimate of drug-likeness (QED) is 0.155. The molecule has 4 rings (SSSR count). The van der Waals surface area contributed by atoms with Crippen molar-refractivity contribution in [3.8, 4) is 6.07 Å². The van der Waals surface area contributed by atoms with Crippen molar-refractivity contribution in [2.75, 3.05) is 6.61 Å². The summed E-state index contributed by atoms with van der Waals surface area (Å²) in [5, 5.41) is 31.7. The van der Waals surface area contributed by atoms with E-state index in [9.17, 15) is 33.7 Å². The van der Waals surface area contributed by atoms with Crippen LogP contribution in [0.1, 0.15) is 11.8 Å². The fourth-order valence-corrected chi connectivity index (χ4v) is 7.11. The second kappa shape index (κ2) is 10.7. The SMILES string of the molecule is N#C/C=C/c1ccc2c(c1)c1ccccc1n2[C@@H]1O[C@H](COP(=O)(O)OP(=O)(O)OP(=O)(O)O)[C@@H](O)[C@H]1O. The number of para-hydroxylation sites is 1. The summed E-state index contributed by atoms with van der Waals surface area (Å²) < 4.78 is 53.5. The highest BCUT2D eigenvalue weighted by Crippen LogP contribution is 2.66. The highest BCUT2D eigenvalue weighted by Gasteiger charge is 2.47. The van der Waals surface area contributed by atoms with Crippen molar-refractivity contribution < 1.29 is 61.4 Å². The van der Waals surface area contributed by atoms with Gasteiger partial charge < -0.3 is 39.1 Å². The van der Waals surface area contributed by atoms with Gasteiger partial charge in [0.15, 0.2) is 6.23 Å². The van der Waals surface area contributed by atoms with Gasteiger partial charge in [0.25, 0.3) is 0 Å². The third kappa shape index (κ3) is 6.31. The zero-order valence-corrected chi connectivity index (χ0v) is 21.7. The van der Waals surface area contributed by atoms with Gasteiger partial charge >= 0.3 is 23.5 Å². The molecule has 1 aliphatic heterocycles. The summed E-state index contributed by atoms with van der Waals surface area (Å²) in [6, 6.07) is 14.3. The van der Waals surface area contributed by atoms with E-state index in [1.54, 1.807) is 41.0 Å². The Balaban J connectivity index is 1.59. The number of aromatic nitrogens is 1. The Hall–Kier alpha value is -2.24. The first-order valence-corrected chi connectivity index (χ1v) is 15.1. The van der Waals surface area contributed by atoms with Crippen LogP contribution in [0.5, 0.6) is 0 Å². The lowest BCUT2D eigenvalue weighted by atomic mass is 10.1. The monoisotopic (exact) mass is 590 g/mol. The molecule has 1 aliphatic rings. The average molecular weight is 590 g/mol. The van der Waals surface area contributed by atoms with Gasteiger partial charge in [-0.05, 0) is 29.8 Å². The number of nitrogens with zero attached hydrogens (tertiary/aromatic N) is 2. The predicted molar refractivity (Wildman–Crippen MR) is 130 cm³/mol. The molecule has 0 bridgehead atoms. The molecule has 0 spiro atoms. The molecule has 2 heterocycles. The average Bonchev–Trinajstić information content (AvgIpc) is 3.27. The van der Waals surface area contributed by atoms with Crippen molar-refractivity contribution in [2.45, 2.75) is 24.5 Å². The number of hydrogen-bond acceptors (Lipinski definition) is 10. The van der Waals surface area contributed by atoms with E-state index in [-0.39, 0.29) is 0 Å². The molecule has 6 N–H and O–H groups in total. The van der Waals surface area contributed by atoms with Gasteiger partial charge in [-0.1, -0.05) is 24.3 Å². The van der Waals surface area contributed by atoms with E-state index in [2.05, 4.69) is 13.1 Å². The summed E-state index contributed by atoms with van der Waals surface area (Å²) in [6.07, 6.45) is -2.91. The molecule has 0 amide bonds. The lowest BCUT2D eigenvalue weighted by molar-refractivity contribution is -0.0479. The molecular weight excluding hydrogens is 569 g/mol. The van der Waals surface area contributed by atoms with Crippen LogP contribution >= 0.6 is 23.5 Å². The molecule has 3 aromatic rings. The van der Waals surface area contributed by atoms with Gasteiger partial charge in [0.2, 0.25) is 0 Å². The predicted octanol–water partition coefficient (Wildman–Crippen LogP) is 2.29. The van der Waals surface area contributed by atoms with Crippen LogP contribution in [0, 0.1) is 11.3 Å². The number of fused-ring (bicyclic) bond motifs is 3. The van der Waals surface area contributed by atoms with Crippen molar-refractivity contribution in [2.24, 2.45) is 0 Å². The largest absolute Gasteiger partial charge is 0.490 e. The lowest BCUT2D eigenvalue weighted by Gasteiger charge is -2.20. The molecule has 0 aliphatic carbocycles. The molecule has 204 valence electrons. The normalized spacial score (nSPS) is 25.5. The number of nitriles is 1. The zero-order valence-electron chi connectivity index (χ0n) is 19.0. The maximum absolute atomic E-state index is 12.0. The van der Waals surface area contributed by atoms with Gasteiger partial charge in [0.1, 0.15) is 18.3 Å². The molecule has 1 aromatic heterocycles. The minimum absolute atomic E-state index is 0.602. The first kappa shape index (κ1) is 28.8. The van der Waals surface area contributed by atoms with Crippen molar-refractivity contribution in [3.63, 3.8) is 0 Å². The molecule has 2 aromatic carbocycles. The minimum atomic E-state index is -5.72. The Labute approximate surface area is 214 Å². The summed E-state index contributed by atoms with van der Waals surface area (Å²) in [5.41, 5.74) is 1.96. The number of rotatable bonds is 9. The highest BCUT2D eigenvalue weighted by molar-refractivity contribution is 7.66. The van der Waals surface area contributed by atoms with Crippen molar-refractivity contribution >= 4 is 51.3 Å². The molecule has 0 saturated carbocycles. The van der Waals surface area contributed by atoms with Crippen LogP contribution in [0.3, 0.4) is 0 Å². The Morgan fingerprint density at radius 2 is 1.63 bits per heavy atom. The highest BCUT2D eigenvalue weighted by atomic mass is 31.3. The smallest absolute Gasteiger partial charge is 0.387 e.